The van der Waals surface area contributed by atoms with Crippen molar-refractivity contribution < 1.29 is 0 Å². The second-order valence-corrected chi connectivity index (χ2v) is 2.31. The van der Waals surface area contributed by atoms with Crippen molar-refractivity contribution in [1.29, 1.82) is 5.26 Å². The third kappa shape index (κ3) is 85.9. The summed E-state index contributed by atoms with van der Waals surface area (Å²) >= 11 is 0. The molecule has 0 heterocycles. The third-order valence-electron chi connectivity index (χ3n) is 0.975. The van der Waals surface area contributed by atoms with Gasteiger partial charge in [-0.05, 0) is 5.92 Å². The van der Waals surface area contributed by atoms with Gasteiger partial charge in [0.1, 0.15) is 0 Å². The van der Waals surface area contributed by atoms with Crippen LogP contribution in [0.5, 0.6) is 0 Å². The molecule has 0 saturated heterocycles. The Labute approximate surface area is 72.4 Å². The van der Waals surface area contributed by atoms with Gasteiger partial charge in [0.25, 0.3) is 0 Å². The molecule has 0 aromatic carbocycles. The van der Waals surface area contributed by atoms with E-state index in [1.165, 1.54) is 6.42 Å². The first kappa shape index (κ1) is 16.8. The third-order valence-corrected chi connectivity index (χ3v) is 0.975. The Hall–Kier alpha value is -0.510. The average molecular weight is 157 g/mol. The Bertz CT molecular complexity index is 69.4. The first-order chi connectivity index (χ1) is 5.18. The molecule has 0 atom stereocenters. The molecule has 0 spiro atoms. The van der Waals surface area contributed by atoms with Gasteiger partial charge in [0.15, 0.2) is 0 Å². The number of hydrogen-bond donors (Lipinski definition) is 0. The van der Waals surface area contributed by atoms with Crippen LogP contribution in [0, 0.1) is 17.2 Å². The lowest BCUT2D eigenvalue weighted by molar-refractivity contribution is 0.626. The van der Waals surface area contributed by atoms with E-state index in [0.717, 1.165) is 5.92 Å². The molecule has 0 unspecified atom stereocenters. The van der Waals surface area contributed by atoms with E-state index < -0.39 is 0 Å². The predicted molar refractivity (Wildman–Crippen MR) is 52.4 cm³/mol. The molecule has 0 rings (SSSR count). The zero-order valence-corrected chi connectivity index (χ0v) is 8.94. The fourth-order valence-corrected chi connectivity index (χ4v) is 0. The Balaban J connectivity index is -0.0000000965. The fourth-order valence-electron chi connectivity index (χ4n) is 0. The maximum absolute atomic E-state index is 7.62. The van der Waals surface area contributed by atoms with Crippen molar-refractivity contribution >= 4 is 0 Å². The van der Waals surface area contributed by atoms with Gasteiger partial charge >= 0.3 is 0 Å². The van der Waals surface area contributed by atoms with Gasteiger partial charge in [-0.25, -0.2) is 0 Å². The van der Waals surface area contributed by atoms with Crippen LogP contribution in [0.3, 0.4) is 0 Å². The van der Waals surface area contributed by atoms with Crippen LogP contribution in [-0.2, 0) is 0 Å². The van der Waals surface area contributed by atoms with Gasteiger partial charge in [-0.15, -0.1) is 0 Å². The van der Waals surface area contributed by atoms with Crippen LogP contribution in [0.25, 0.3) is 0 Å². The normalized spacial score (nSPS) is 6.73. The molecular formula is C10H23N. The fraction of sp³-hybridized carbons (Fsp3) is 0.900. The van der Waals surface area contributed by atoms with Crippen LogP contribution in [0.2, 0.25) is 0 Å². The van der Waals surface area contributed by atoms with Crippen LogP contribution in [0.1, 0.15) is 54.4 Å². The highest BCUT2D eigenvalue weighted by molar-refractivity contribution is 4.61. The van der Waals surface area contributed by atoms with E-state index >= 15 is 0 Å². The van der Waals surface area contributed by atoms with Gasteiger partial charge in [0.05, 0.1) is 6.07 Å². The Morgan fingerprint density at radius 1 is 1.18 bits per heavy atom. The first-order valence-corrected chi connectivity index (χ1v) is 4.55. The molecule has 1 heteroatoms. The van der Waals surface area contributed by atoms with Crippen molar-refractivity contribution in [2.75, 3.05) is 0 Å². The quantitative estimate of drug-likeness (QED) is 0.564. The molecule has 0 bridgehead atoms. The number of nitriles is 1. The first-order valence-electron chi connectivity index (χ1n) is 4.55. The molecule has 1 nitrogen and oxygen atoms in total. The van der Waals surface area contributed by atoms with Gasteiger partial charge in [-0.1, -0.05) is 48.0 Å². The smallest absolute Gasteiger partial charge is 0.0618 e. The molecule has 0 N–H and O–H groups in total. The zero-order chi connectivity index (χ0) is 9.70. The van der Waals surface area contributed by atoms with Crippen molar-refractivity contribution in [2.24, 2.45) is 5.92 Å². The maximum atomic E-state index is 7.62. The number of rotatable bonds is 1. The van der Waals surface area contributed by atoms with Crippen LogP contribution in [0.4, 0.5) is 0 Å². The zero-order valence-electron chi connectivity index (χ0n) is 8.94. The predicted octanol–water partition coefficient (Wildman–Crippen LogP) is 4.00. The van der Waals surface area contributed by atoms with Gasteiger partial charge in [0.2, 0.25) is 0 Å². The van der Waals surface area contributed by atoms with E-state index in [0.29, 0.717) is 6.42 Å². The van der Waals surface area contributed by atoms with Gasteiger partial charge in [-0.2, -0.15) is 5.26 Å². The van der Waals surface area contributed by atoms with Crippen molar-refractivity contribution in [2.45, 2.75) is 54.4 Å². The maximum Gasteiger partial charge on any atom is 0.0618 e. The van der Waals surface area contributed by atoms with E-state index in [9.17, 15) is 0 Å². The highest BCUT2D eigenvalue weighted by atomic mass is 14.2. The summed E-state index contributed by atoms with van der Waals surface area (Å²) in [6.07, 6.45) is 1.93. The minimum absolute atomic E-state index is 0.625. The Morgan fingerprint density at radius 3 is 1.36 bits per heavy atom. The molecule has 0 aromatic heterocycles. The van der Waals surface area contributed by atoms with E-state index in [2.05, 4.69) is 20.8 Å². The van der Waals surface area contributed by atoms with Crippen molar-refractivity contribution in [3.8, 4) is 6.07 Å². The summed E-state index contributed by atoms with van der Waals surface area (Å²) in [5, 5.41) is 7.62. The van der Waals surface area contributed by atoms with Crippen molar-refractivity contribution in [3.05, 3.63) is 0 Å². The number of nitrogens with zero attached hydrogens (tertiary/aromatic N) is 1. The number of hydrogen-bond acceptors (Lipinski definition) is 1. The standard InChI is InChI=1S/C5H12.C3H5N.C2H6/c1-4-5(2)3;1-2-3-4;1-2/h5H,4H2,1-3H3;2H2,1H3;1-2H3. The summed E-state index contributed by atoms with van der Waals surface area (Å²) in [6, 6.07) is 1.93. The molecule has 0 fully saturated rings. The summed E-state index contributed by atoms with van der Waals surface area (Å²) in [5.74, 6) is 0.884. The molecule has 68 valence electrons. The molecule has 0 aliphatic heterocycles. The van der Waals surface area contributed by atoms with Crippen LogP contribution < -0.4 is 0 Å². The van der Waals surface area contributed by atoms with Gasteiger partial charge in [-0.3, -0.25) is 0 Å². The molecule has 11 heavy (non-hydrogen) atoms. The molecule has 0 radical (unpaired) electrons. The van der Waals surface area contributed by atoms with E-state index in [1.54, 1.807) is 0 Å². The SMILES string of the molecule is CC.CCC#N.CCC(C)C. The molecule has 0 amide bonds. The van der Waals surface area contributed by atoms with Gasteiger partial charge in [0, 0.05) is 6.42 Å². The largest absolute Gasteiger partial charge is 0.198 e. The lowest BCUT2D eigenvalue weighted by Crippen LogP contribution is -1.77. The highest BCUT2D eigenvalue weighted by Crippen LogP contribution is 1.93. The molecule has 0 saturated carbocycles. The van der Waals surface area contributed by atoms with E-state index in [4.69, 9.17) is 5.26 Å². The lowest BCUT2D eigenvalue weighted by atomic mass is 10.2. The summed E-state index contributed by atoms with van der Waals surface area (Å²) < 4.78 is 0. The van der Waals surface area contributed by atoms with E-state index in [-0.39, 0.29) is 0 Å². The summed E-state index contributed by atoms with van der Waals surface area (Å²) in [6.45, 7) is 12.5. The van der Waals surface area contributed by atoms with Crippen LogP contribution >= 0.6 is 0 Å². The highest BCUT2D eigenvalue weighted by Gasteiger charge is 1.80. The molecule has 0 aromatic rings. The minimum Gasteiger partial charge on any atom is -0.198 e. The van der Waals surface area contributed by atoms with Crippen molar-refractivity contribution in [3.63, 3.8) is 0 Å². The lowest BCUT2D eigenvalue weighted by Gasteiger charge is -1.90. The second-order valence-electron chi connectivity index (χ2n) is 2.31. The molecule has 0 aliphatic rings. The van der Waals surface area contributed by atoms with Crippen LogP contribution in [0.15, 0.2) is 0 Å². The Kier molecular flexibility index (Phi) is 34.7. The molecular weight excluding hydrogens is 134 g/mol. The van der Waals surface area contributed by atoms with Crippen molar-refractivity contribution in [1.82, 2.24) is 0 Å². The molecule has 0 aliphatic carbocycles. The average Bonchev–Trinajstić information content (AvgIpc) is 2.08. The van der Waals surface area contributed by atoms with Gasteiger partial charge < -0.3 is 0 Å². The second kappa shape index (κ2) is 22.7. The summed E-state index contributed by atoms with van der Waals surface area (Å²) in [7, 11) is 0. The summed E-state index contributed by atoms with van der Waals surface area (Å²) in [5.41, 5.74) is 0. The minimum atomic E-state index is 0.625. The topological polar surface area (TPSA) is 23.8 Å². The summed E-state index contributed by atoms with van der Waals surface area (Å²) in [4.78, 5) is 0. The Morgan fingerprint density at radius 2 is 1.36 bits per heavy atom. The van der Waals surface area contributed by atoms with E-state index in [1.807, 2.05) is 26.8 Å². The monoisotopic (exact) mass is 157 g/mol. The van der Waals surface area contributed by atoms with Crippen LogP contribution in [-0.4, -0.2) is 0 Å².